The molecule has 1 aliphatic carbocycles. The van der Waals surface area contributed by atoms with E-state index in [0.29, 0.717) is 12.0 Å². The molecule has 2 unspecified atom stereocenters. The fraction of sp³-hybridized carbons (Fsp3) is 0.600. The van der Waals surface area contributed by atoms with Crippen LogP contribution in [0.3, 0.4) is 0 Å². The highest BCUT2D eigenvalue weighted by Crippen LogP contribution is 2.34. The largest absolute Gasteiger partial charge is 0.387 e. The Morgan fingerprint density at radius 3 is 2.47 bits per heavy atom. The van der Waals surface area contributed by atoms with Crippen molar-refractivity contribution in [3.05, 3.63) is 35.4 Å². The number of aliphatic hydroxyl groups excluding tert-OH is 1. The molecule has 0 radical (unpaired) electrons. The van der Waals surface area contributed by atoms with Gasteiger partial charge in [-0.1, -0.05) is 19.4 Å². The van der Waals surface area contributed by atoms with Gasteiger partial charge in [-0.05, 0) is 37.3 Å². The van der Waals surface area contributed by atoms with Gasteiger partial charge >= 0.3 is 0 Å². The van der Waals surface area contributed by atoms with Crippen molar-refractivity contribution in [1.82, 2.24) is 5.32 Å². The highest BCUT2D eigenvalue weighted by atomic mass is 19.1. The Hall–Kier alpha value is -1.00. The minimum atomic E-state index is -1.14. The van der Waals surface area contributed by atoms with Crippen molar-refractivity contribution in [3.63, 3.8) is 0 Å². The number of hydrogen-bond acceptors (Lipinski definition) is 2. The van der Waals surface area contributed by atoms with E-state index in [4.69, 9.17) is 0 Å². The van der Waals surface area contributed by atoms with E-state index in [9.17, 15) is 13.9 Å². The van der Waals surface area contributed by atoms with Crippen molar-refractivity contribution in [2.24, 2.45) is 5.92 Å². The summed E-state index contributed by atoms with van der Waals surface area (Å²) >= 11 is 0. The van der Waals surface area contributed by atoms with Crippen molar-refractivity contribution < 1.29 is 13.9 Å². The number of benzene rings is 1. The van der Waals surface area contributed by atoms with Crippen molar-refractivity contribution in [2.75, 3.05) is 6.54 Å². The zero-order valence-electron chi connectivity index (χ0n) is 11.2. The molecule has 2 rings (SSSR count). The molecule has 1 aromatic rings. The van der Waals surface area contributed by atoms with Crippen LogP contribution < -0.4 is 5.32 Å². The van der Waals surface area contributed by atoms with Gasteiger partial charge in [-0.3, -0.25) is 0 Å². The Morgan fingerprint density at radius 2 is 1.95 bits per heavy atom. The first-order chi connectivity index (χ1) is 9.13. The van der Waals surface area contributed by atoms with Crippen LogP contribution in [0.1, 0.15) is 44.3 Å². The summed E-state index contributed by atoms with van der Waals surface area (Å²) in [5.41, 5.74) is -0.235. The summed E-state index contributed by atoms with van der Waals surface area (Å²) in [6.45, 7) is 2.31. The van der Waals surface area contributed by atoms with E-state index in [2.05, 4.69) is 12.2 Å². The van der Waals surface area contributed by atoms with Gasteiger partial charge in [0.2, 0.25) is 0 Å². The van der Waals surface area contributed by atoms with Crippen LogP contribution in [0.4, 0.5) is 8.78 Å². The summed E-state index contributed by atoms with van der Waals surface area (Å²) in [5, 5.41) is 13.2. The summed E-state index contributed by atoms with van der Waals surface area (Å²) in [4.78, 5) is 0. The lowest BCUT2D eigenvalue weighted by atomic mass is 10.0. The second-order valence-electron chi connectivity index (χ2n) is 5.29. The van der Waals surface area contributed by atoms with Crippen LogP contribution >= 0.6 is 0 Å². The molecule has 1 fully saturated rings. The fourth-order valence-electron chi connectivity index (χ4n) is 2.51. The highest BCUT2D eigenvalue weighted by molar-refractivity contribution is 5.22. The maximum absolute atomic E-state index is 13.5. The van der Waals surface area contributed by atoms with Crippen molar-refractivity contribution in [1.29, 1.82) is 0 Å². The Bertz CT molecular complexity index is 400. The lowest BCUT2D eigenvalue weighted by Gasteiger charge is -2.20. The molecule has 0 aromatic heterocycles. The van der Waals surface area contributed by atoms with Gasteiger partial charge in [0, 0.05) is 12.6 Å². The van der Waals surface area contributed by atoms with Crippen molar-refractivity contribution in [2.45, 2.75) is 44.8 Å². The molecule has 1 aromatic carbocycles. The second kappa shape index (κ2) is 6.44. The lowest BCUT2D eigenvalue weighted by Crippen LogP contribution is -2.34. The average Bonchev–Trinajstić information content (AvgIpc) is 3.18. The van der Waals surface area contributed by atoms with E-state index < -0.39 is 17.7 Å². The van der Waals surface area contributed by atoms with Crippen molar-refractivity contribution in [3.8, 4) is 0 Å². The molecule has 0 heterocycles. The first kappa shape index (κ1) is 14.4. The maximum atomic E-state index is 13.5. The molecule has 4 heteroatoms. The van der Waals surface area contributed by atoms with Crippen LogP contribution in [-0.4, -0.2) is 17.7 Å². The molecular weight excluding hydrogens is 248 g/mol. The van der Waals surface area contributed by atoms with Gasteiger partial charge in [-0.25, -0.2) is 8.78 Å². The lowest BCUT2D eigenvalue weighted by molar-refractivity contribution is 0.157. The van der Waals surface area contributed by atoms with Gasteiger partial charge in [0.25, 0.3) is 0 Å². The summed E-state index contributed by atoms with van der Waals surface area (Å²) in [6, 6.07) is 4.01. The van der Waals surface area contributed by atoms with Gasteiger partial charge in [0.1, 0.15) is 11.6 Å². The third kappa shape index (κ3) is 3.74. The quantitative estimate of drug-likeness (QED) is 0.797. The van der Waals surface area contributed by atoms with Gasteiger partial charge in [-0.2, -0.15) is 0 Å². The second-order valence-corrected chi connectivity index (χ2v) is 5.29. The molecule has 19 heavy (non-hydrogen) atoms. The summed E-state index contributed by atoms with van der Waals surface area (Å²) in [5.74, 6) is -0.710. The zero-order chi connectivity index (χ0) is 13.8. The Morgan fingerprint density at radius 1 is 1.32 bits per heavy atom. The molecule has 0 saturated heterocycles. The van der Waals surface area contributed by atoms with Crippen LogP contribution in [0.15, 0.2) is 18.2 Å². The smallest absolute Gasteiger partial charge is 0.131 e. The molecule has 1 aliphatic rings. The van der Waals surface area contributed by atoms with Crippen LogP contribution in [0.5, 0.6) is 0 Å². The molecule has 2 N–H and O–H groups in total. The van der Waals surface area contributed by atoms with E-state index in [1.165, 1.54) is 31.0 Å². The molecule has 0 bridgehead atoms. The number of rotatable bonds is 7. The van der Waals surface area contributed by atoms with Crippen LogP contribution in [-0.2, 0) is 0 Å². The maximum Gasteiger partial charge on any atom is 0.131 e. The van der Waals surface area contributed by atoms with Gasteiger partial charge in [-0.15, -0.1) is 0 Å². The predicted molar refractivity (Wildman–Crippen MR) is 70.7 cm³/mol. The van der Waals surface area contributed by atoms with E-state index in [1.807, 2.05) is 0 Å². The van der Waals surface area contributed by atoms with Gasteiger partial charge < -0.3 is 10.4 Å². The average molecular weight is 269 g/mol. The topological polar surface area (TPSA) is 32.3 Å². The fourth-order valence-corrected chi connectivity index (χ4v) is 2.51. The van der Waals surface area contributed by atoms with E-state index >= 15 is 0 Å². The van der Waals surface area contributed by atoms with Crippen LogP contribution in [0, 0.1) is 17.6 Å². The monoisotopic (exact) mass is 269 g/mol. The van der Waals surface area contributed by atoms with Gasteiger partial charge in [0.15, 0.2) is 0 Å². The molecule has 1 saturated carbocycles. The molecule has 0 amide bonds. The zero-order valence-corrected chi connectivity index (χ0v) is 11.2. The van der Waals surface area contributed by atoms with Crippen LogP contribution in [0.25, 0.3) is 0 Å². The number of aliphatic hydroxyl groups is 1. The molecule has 106 valence electrons. The summed E-state index contributed by atoms with van der Waals surface area (Å²) in [7, 11) is 0. The SMILES string of the molecule is CCCC(NCC(O)c1c(F)cccc1F)C1CC1. The first-order valence-corrected chi connectivity index (χ1v) is 6.98. The van der Waals surface area contributed by atoms with E-state index in [0.717, 1.165) is 12.8 Å². The minimum absolute atomic E-state index is 0.193. The summed E-state index contributed by atoms with van der Waals surface area (Å²) in [6.07, 6.45) is 3.39. The predicted octanol–water partition coefficient (Wildman–Crippen LogP) is 3.17. The van der Waals surface area contributed by atoms with Gasteiger partial charge in [0.05, 0.1) is 11.7 Å². The molecule has 2 atom stereocenters. The Balaban J connectivity index is 1.94. The standard InChI is InChI=1S/C15H21F2NO/c1-2-4-13(10-7-8-10)18-9-14(19)15-11(16)5-3-6-12(15)17/h3,5-6,10,13-14,18-19H,2,4,7-9H2,1H3. The Kier molecular flexibility index (Phi) is 4.88. The Labute approximate surface area is 112 Å². The third-order valence-electron chi connectivity index (χ3n) is 3.70. The number of nitrogens with one attached hydrogen (secondary N) is 1. The number of halogens is 2. The number of hydrogen-bond donors (Lipinski definition) is 2. The normalized spacial score (nSPS) is 18.3. The molecule has 0 aliphatic heterocycles. The molecule has 2 nitrogen and oxygen atoms in total. The highest BCUT2D eigenvalue weighted by Gasteiger charge is 2.30. The van der Waals surface area contributed by atoms with Crippen molar-refractivity contribution >= 4 is 0 Å². The van der Waals surface area contributed by atoms with Crippen LogP contribution in [0.2, 0.25) is 0 Å². The summed E-state index contributed by atoms with van der Waals surface area (Å²) < 4.78 is 27.0. The molecule has 0 spiro atoms. The van der Waals surface area contributed by atoms with E-state index in [-0.39, 0.29) is 12.1 Å². The van der Waals surface area contributed by atoms with E-state index in [1.54, 1.807) is 0 Å². The molecular formula is C15H21F2NO. The third-order valence-corrected chi connectivity index (χ3v) is 3.70. The first-order valence-electron chi connectivity index (χ1n) is 6.98. The minimum Gasteiger partial charge on any atom is -0.387 e.